The molecule has 2 heterocycles. The zero-order valence-electron chi connectivity index (χ0n) is 13.7. The molecule has 24 heavy (non-hydrogen) atoms. The molecule has 0 aliphatic carbocycles. The van der Waals surface area contributed by atoms with Gasteiger partial charge in [0.25, 0.3) is 5.91 Å². The Morgan fingerprint density at radius 2 is 2.17 bits per heavy atom. The fraction of sp³-hybridized carbons (Fsp3) is 0.333. The number of carbonyl (C=O) groups excluding carboxylic acids is 1. The molecule has 1 fully saturated rings. The maximum absolute atomic E-state index is 13.8. The van der Waals surface area contributed by atoms with Gasteiger partial charge >= 0.3 is 0 Å². The summed E-state index contributed by atoms with van der Waals surface area (Å²) in [5.41, 5.74) is 1.19. The number of carbonyl (C=O) groups is 1. The van der Waals surface area contributed by atoms with Crippen molar-refractivity contribution in [2.24, 2.45) is 0 Å². The molecule has 1 aliphatic heterocycles. The lowest BCUT2D eigenvalue weighted by molar-refractivity contribution is 0.0770. The Hall–Kier alpha value is -2.63. The van der Waals surface area contributed by atoms with E-state index in [2.05, 4.69) is 4.98 Å². The van der Waals surface area contributed by atoms with Gasteiger partial charge in [-0.05, 0) is 31.2 Å². The van der Waals surface area contributed by atoms with E-state index in [0.717, 1.165) is 12.1 Å². The number of rotatable bonds is 4. The van der Waals surface area contributed by atoms with Crippen LogP contribution in [-0.2, 0) is 0 Å². The summed E-state index contributed by atoms with van der Waals surface area (Å²) in [6.45, 7) is 2.93. The summed E-state index contributed by atoms with van der Waals surface area (Å²) < 4.78 is 24.5. The lowest BCUT2D eigenvalue weighted by Crippen LogP contribution is -2.31. The van der Waals surface area contributed by atoms with Crippen molar-refractivity contribution in [2.75, 3.05) is 20.2 Å². The summed E-state index contributed by atoms with van der Waals surface area (Å²) in [7, 11) is 1.39. The van der Waals surface area contributed by atoms with Crippen LogP contribution in [0.15, 0.2) is 36.4 Å². The minimum absolute atomic E-state index is 0.105. The Morgan fingerprint density at radius 1 is 1.33 bits per heavy atom. The van der Waals surface area contributed by atoms with E-state index in [4.69, 9.17) is 9.47 Å². The molecule has 6 heteroatoms. The first-order valence-corrected chi connectivity index (χ1v) is 7.80. The maximum Gasteiger partial charge on any atom is 0.254 e. The molecule has 1 unspecified atom stereocenters. The highest BCUT2D eigenvalue weighted by Crippen LogP contribution is 2.22. The highest BCUT2D eigenvalue weighted by molar-refractivity contribution is 5.94. The summed E-state index contributed by atoms with van der Waals surface area (Å²) in [5.74, 6) is -0.0661. The fourth-order valence-electron chi connectivity index (χ4n) is 2.75. The summed E-state index contributed by atoms with van der Waals surface area (Å²) in [5, 5.41) is 0. The van der Waals surface area contributed by atoms with E-state index in [-0.39, 0.29) is 17.8 Å². The van der Waals surface area contributed by atoms with Gasteiger partial charge in [-0.3, -0.25) is 4.79 Å². The largest absolute Gasteiger partial charge is 0.494 e. The van der Waals surface area contributed by atoms with Gasteiger partial charge in [-0.2, -0.15) is 0 Å². The van der Waals surface area contributed by atoms with Crippen molar-refractivity contribution in [3.8, 4) is 11.6 Å². The molecular formula is C18H19FN2O3. The average molecular weight is 330 g/mol. The van der Waals surface area contributed by atoms with Gasteiger partial charge in [0, 0.05) is 30.3 Å². The standard InChI is InChI=1S/C18H19FN2O3/c1-12-4-3-5-17(20-12)24-14-8-9-21(11-14)18(22)13-6-7-16(23-2)15(19)10-13/h3-7,10,14H,8-9,11H2,1-2H3. The molecule has 1 aromatic heterocycles. The number of benzene rings is 1. The Kier molecular flexibility index (Phi) is 4.64. The third kappa shape index (κ3) is 3.48. The van der Waals surface area contributed by atoms with Gasteiger partial charge in [-0.1, -0.05) is 6.07 Å². The van der Waals surface area contributed by atoms with E-state index in [0.29, 0.717) is 24.5 Å². The zero-order valence-corrected chi connectivity index (χ0v) is 13.7. The molecule has 3 rings (SSSR count). The van der Waals surface area contributed by atoms with E-state index in [1.807, 2.05) is 19.1 Å². The molecule has 126 valence electrons. The number of hydrogen-bond donors (Lipinski definition) is 0. The first-order chi connectivity index (χ1) is 11.6. The summed E-state index contributed by atoms with van der Waals surface area (Å²) in [4.78, 5) is 18.5. The van der Waals surface area contributed by atoms with E-state index in [9.17, 15) is 9.18 Å². The molecule has 0 radical (unpaired) electrons. The Morgan fingerprint density at radius 3 is 2.88 bits per heavy atom. The molecule has 1 amide bonds. The second-order valence-corrected chi connectivity index (χ2v) is 5.75. The highest BCUT2D eigenvalue weighted by atomic mass is 19.1. The van der Waals surface area contributed by atoms with Crippen molar-refractivity contribution >= 4 is 5.91 Å². The number of aromatic nitrogens is 1. The van der Waals surface area contributed by atoms with Crippen LogP contribution in [0.2, 0.25) is 0 Å². The number of likely N-dealkylation sites (tertiary alicyclic amines) is 1. The van der Waals surface area contributed by atoms with Crippen LogP contribution in [0.1, 0.15) is 22.5 Å². The second-order valence-electron chi connectivity index (χ2n) is 5.75. The minimum Gasteiger partial charge on any atom is -0.494 e. The first kappa shape index (κ1) is 16.2. The van der Waals surface area contributed by atoms with Crippen LogP contribution in [0, 0.1) is 12.7 Å². The van der Waals surface area contributed by atoms with Gasteiger partial charge in [0.2, 0.25) is 5.88 Å². The minimum atomic E-state index is -0.542. The molecule has 1 aliphatic rings. The van der Waals surface area contributed by atoms with Crippen molar-refractivity contribution in [1.29, 1.82) is 0 Å². The number of pyridine rings is 1. The van der Waals surface area contributed by atoms with Crippen LogP contribution < -0.4 is 9.47 Å². The molecule has 0 bridgehead atoms. The third-order valence-electron chi connectivity index (χ3n) is 3.98. The smallest absolute Gasteiger partial charge is 0.254 e. The van der Waals surface area contributed by atoms with Crippen LogP contribution >= 0.6 is 0 Å². The maximum atomic E-state index is 13.8. The van der Waals surface area contributed by atoms with E-state index >= 15 is 0 Å². The van der Waals surface area contributed by atoms with Gasteiger partial charge in [-0.15, -0.1) is 0 Å². The topological polar surface area (TPSA) is 51.7 Å². The third-order valence-corrected chi connectivity index (χ3v) is 3.98. The molecule has 5 nitrogen and oxygen atoms in total. The molecule has 1 atom stereocenters. The van der Waals surface area contributed by atoms with Gasteiger partial charge in [-0.25, -0.2) is 9.37 Å². The fourth-order valence-corrected chi connectivity index (χ4v) is 2.75. The molecular weight excluding hydrogens is 311 g/mol. The summed E-state index contributed by atoms with van der Waals surface area (Å²) >= 11 is 0. The quantitative estimate of drug-likeness (QED) is 0.865. The summed E-state index contributed by atoms with van der Waals surface area (Å²) in [6.07, 6.45) is 0.617. The second kappa shape index (κ2) is 6.86. The number of hydrogen-bond acceptors (Lipinski definition) is 4. The van der Waals surface area contributed by atoms with Crippen LogP contribution in [0.4, 0.5) is 4.39 Å². The number of amides is 1. The lowest BCUT2D eigenvalue weighted by atomic mass is 10.2. The number of halogens is 1. The van der Waals surface area contributed by atoms with Gasteiger partial charge < -0.3 is 14.4 Å². The van der Waals surface area contributed by atoms with Crippen LogP contribution in [0.5, 0.6) is 11.6 Å². The van der Waals surface area contributed by atoms with Crippen molar-refractivity contribution < 1.29 is 18.7 Å². The van der Waals surface area contributed by atoms with Gasteiger partial charge in [0.1, 0.15) is 6.10 Å². The van der Waals surface area contributed by atoms with Crippen molar-refractivity contribution in [2.45, 2.75) is 19.4 Å². The Labute approximate surface area is 140 Å². The van der Waals surface area contributed by atoms with Gasteiger partial charge in [0.15, 0.2) is 11.6 Å². The Balaban J connectivity index is 1.64. The monoisotopic (exact) mass is 330 g/mol. The van der Waals surface area contributed by atoms with Gasteiger partial charge in [0.05, 0.1) is 13.7 Å². The zero-order chi connectivity index (χ0) is 17.1. The SMILES string of the molecule is COc1ccc(C(=O)N2CCC(Oc3cccc(C)n3)C2)cc1F. The van der Waals surface area contributed by atoms with Crippen molar-refractivity contribution in [1.82, 2.24) is 9.88 Å². The van der Waals surface area contributed by atoms with E-state index < -0.39 is 5.82 Å². The molecule has 1 saturated heterocycles. The van der Waals surface area contributed by atoms with Crippen molar-refractivity contribution in [3.63, 3.8) is 0 Å². The molecule has 2 aromatic rings. The number of methoxy groups -OCH3 is 1. The molecule has 0 spiro atoms. The number of nitrogens with zero attached hydrogens (tertiary/aromatic N) is 2. The van der Waals surface area contributed by atoms with Crippen molar-refractivity contribution in [3.05, 3.63) is 53.5 Å². The number of aryl methyl sites for hydroxylation is 1. The summed E-state index contributed by atoms with van der Waals surface area (Å²) in [6, 6.07) is 9.82. The van der Waals surface area contributed by atoms with Crippen LogP contribution in [0.3, 0.4) is 0 Å². The molecule has 0 saturated carbocycles. The average Bonchev–Trinajstić information content (AvgIpc) is 3.02. The highest BCUT2D eigenvalue weighted by Gasteiger charge is 2.29. The van der Waals surface area contributed by atoms with E-state index in [1.54, 1.807) is 17.0 Å². The lowest BCUT2D eigenvalue weighted by Gasteiger charge is -2.17. The molecule has 1 aromatic carbocycles. The van der Waals surface area contributed by atoms with Crippen LogP contribution in [0.25, 0.3) is 0 Å². The number of ether oxygens (including phenoxy) is 2. The van der Waals surface area contributed by atoms with Crippen LogP contribution in [-0.4, -0.2) is 42.1 Å². The normalized spacial score (nSPS) is 17.0. The molecule has 0 N–H and O–H groups in total. The predicted molar refractivity (Wildman–Crippen MR) is 86.9 cm³/mol. The van der Waals surface area contributed by atoms with E-state index in [1.165, 1.54) is 19.2 Å². The first-order valence-electron chi connectivity index (χ1n) is 7.80. The predicted octanol–water partition coefficient (Wildman–Crippen LogP) is 2.83. The Bertz CT molecular complexity index is 751.